The van der Waals surface area contributed by atoms with E-state index in [1.807, 2.05) is 17.0 Å². The Kier molecular flexibility index (Phi) is 4.80. The van der Waals surface area contributed by atoms with Gasteiger partial charge in [-0.2, -0.15) is 0 Å². The van der Waals surface area contributed by atoms with E-state index in [0.29, 0.717) is 10.6 Å². The highest BCUT2D eigenvalue weighted by Crippen LogP contribution is 2.39. The van der Waals surface area contributed by atoms with E-state index < -0.39 is 11.9 Å². The first-order chi connectivity index (χ1) is 12.2. The van der Waals surface area contributed by atoms with Crippen molar-refractivity contribution in [3.63, 3.8) is 0 Å². The summed E-state index contributed by atoms with van der Waals surface area (Å²) in [5.41, 5.74) is 2.87. The highest BCUT2D eigenvalue weighted by molar-refractivity contribution is 6.30. The van der Waals surface area contributed by atoms with Crippen LogP contribution in [-0.2, 0) is 11.2 Å². The Hall–Kier alpha value is -2.33. The Labute approximate surface area is 158 Å². The number of hydrogen-bond donors (Lipinski definition) is 1. The molecule has 136 valence electrons. The van der Waals surface area contributed by atoms with Crippen LogP contribution in [0.1, 0.15) is 54.6 Å². The molecular weight excluding hydrogens is 350 g/mol. The van der Waals surface area contributed by atoms with Crippen LogP contribution >= 0.6 is 11.6 Å². The number of amides is 1. The number of aryl methyl sites for hydroxylation is 1. The average molecular weight is 372 g/mol. The maximum Gasteiger partial charge on any atom is 0.310 e. The molecule has 0 saturated carbocycles. The number of rotatable bonds is 3. The van der Waals surface area contributed by atoms with E-state index in [2.05, 4.69) is 13.8 Å². The molecule has 1 unspecified atom stereocenters. The quantitative estimate of drug-likeness (QED) is 0.834. The number of halogens is 1. The Morgan fingerprint density at radius 2 is 1.81 bits per heavy atom. The molecule has 1 N–H and O–H groups in total. The minimum absolute atomic E-state index is 0.0772. The topological polar surface area (TPSA) is 57.6 Å². The van der Waals surface area contributed by atoms with Crippen LogP contribution in [0, 0.1) is 0 Å². The normalized spacial score (nSPS) is 16.7. The number of carboxylic acid groups (broad SMARTS) is 1. The molecule has 0 saturated heterocycles. The molecule has 4 nitrogen and oxygen atoms in total. The SMILES string of the molecule is CC(C(=O)O)c1ccc2c(c1)CCC(C)(C)N2C(=O)c1ccc(Cl)cc1. The molecule has 1 heterocycles. The van der Waals surface area contributed by atoms with E-state index >= 15 is 0 Å². The first-order valence-electron chi connectivity index (χ1n) is 8.66. The smallest absolute Gasteiger partial charge is 0.310 e. The van der Waals surface area contributed by atoms with Crippen LogP contribution in [-0.4, -0.2) is 22.5 Å². The number of anilines is 1. The van der Waals surface area contributed by atoms with Gasteiger partial charge in [-0.1, -0.05) is 23.7 Å². The van der Waals surface area contributed by atoms with Gasteiger partial charge in [0.25, 0.3) is 5.91 Å². The third-order valence-electron chi connectivity index (χ3n) is 5.12. The summed E-state index contributed by atoms with van der Waals surface area (Å²) in [6.45, 7) is 5.78. The van der Waals surface area contributed by atoms with Crippen LogP contribution in [0.5, 0.6) is 0 Å². The Morgan fingerprint density at radius 1 is 1.15 bits per heavy atom. The van der Waals surface area contributed by atoms with Crippen LogP contribution in [0.2, 0.25) is 5.02 Å². The third-order valence-corrected chi connectivity index (χ3v) is 5.37. The summed E-state index contributed by atoms with van der Waals surface area (Å²) in [4.78, 5) is 26.3. The van der Waals surface area contributed by atoms with Crippen LogP contribution < -0.4 is 4.90 Å². The van der Waals surface area contributed by atoms with Crippen molar-refractivity contribution in [2.45, 2.75) is 45.1 Å². The van der Waals surface area contributed by atoms with Gasteiger partial charge >= 0.3 is 5.97 Å². The first kappa shape index (κ1) is 18.5. The number of carboxylic acids is 1. The number of carbonyl (C=O) groups is 2. The number of fused-ring (bicyclic) bond motifs is 1. The van der Waals surface area contributed by atoms with Crippen molar-refractivity contribution in [3.05, 3.63) is 64.2 Å². The summed E-state index contributed by atoms with van der Waals surface area (Å²) in [7, 11) is 0. The maximum absolute atomic E-state index is 13.2. The van der Waals surface area contributed by atoms with Gasteiger partial charge in [0.1, 0.15) is 0 Å². The molecule has 0 bridgehead atoms. The number of nitrogens with zero attached hydrogens (tertiary/aromatic N) is 1. The summed E-state index contributed by atoms with van der Waals surface area (Å²) in [5, 5.41) is 9.85. The molecule has 26 heavy (non-hydrogen) atoms. The van der Waals surface area contributed by atoms with Crippen LogP contribution in [0.15, 0.2) is 42.5 Å². The summed E-state index contributed by atoms with van der Waals surface area (Å²) in [6.07, 6.45) is 1.62. The second-order valence-electron chi connectivity index (χ2n) is 7.41. The fourth-order valence-electron chi connectivity index (χ4n) is 3.42. The summed E-state index contributed by atoms with van der Waals surface area (Å²) >= 11 is 5.94. The molecule has 3 rings (SSSR count). The van der Waals surface area contributed by atoms with Crippen molar-refractivity contribution in [2.75, 3.05) is 4.90 Å². The number of carbonyl (C=O) groups excluding carboxylic acids is 1. The molecule has 2 aromatic carbocycles. The molecule has 1 amide bonds. The van der Waals surface area contributed by atoms with Gasteiger partial charge in [0.05, 0.1) is 5.92 Å². The Bertz CT molecular complexity index is 858. The van der Waals surface area contributed by atoms with Crippen molar-refractivity contribution in [1.82, 2.24) is 0 Å². The fraction of sp³-hybridized carbons (Fsp3) is 0.333. The van der Waals surface area contributed by atoms with Gasteiger partial charge in [-0.25, -0.2) is 0 Å². The molecular formula is C21H22ClNO3. The summed E-state index contributed by atoms with van der Waals surface area (Å²) in [6, 6.07) is 12.5. The largest absolute Gasteiger partial charge is 0.481 e. The number of hydrogen-bond acceptors (Lipinski definition) is 2. The highest BCUT2D eigenvalue weighted by Gasteiger charge is 2.37. The van der Waals surface area contributed by atoms with E-state index in [-0.39, 0.29) is 11.4 Å². The molecule has 0 aromatic heterocycles. The Morgan fingerprint density at radius 3 is 2.42 bits per heavy atom. The van der Waals surface area contributed by atoms with Gasteiger partial charge in [0.15, 0.2) is 0 Å². The standard InChI is InChI=1S/C21H22ClNO3/c1-13(20(25)26)15-6-9-18-16(12-15)10-11-21(2,3)23(18)19(24)14-4-7-17(22)8-5-14/h4-9,12-13H,10-11H2,1-3H3,(H,25,26). The minimum atomic E-state index is -0.852. The van der Waals surface area contributed by atoms with Crippen LogP contribution in [0.25, 0.3) is 0 Å². The zero-order valence-electron chi connectivity index (χ0n) is 15.1. The molecule has 0 spiro atoms. The lowest BCUT2D eigenvalue weighted by atomic mass is 9.84. The molecule has 0 fully saturated rings. The van der Waals surface area contributed by atoms with Crippen molar-refractivity contribution in [1.29, 1.82) is 0 Å². The molecule has 5 heteroatoms. The molecule has 1 atom stereocenters. The van der Waals surface area contributed by atoms with Crippen LogP contribution in [0.4, 0.5) is 5.69 Å². The van der Waals surface area contributed by atoms with Crippen molar-refractivity contribution in [2.24, 2.45) is 0 Å². The average Bonchev–Trinajstić information content (AvgIpc) is 2.60. The van der Waals surface area contributed by atoms with E-state index in [1.165, 1.54) is 0 Å². The van der Waals surface area contributed by atoms with E-state index in [0.717, 1.165) is 29.7 Å². The second-order valence-corrected chi connectivity index (χ2v) is 7.84. The van der Waals surface area contributed by atoms with Crippen molar-refractivity contribution < 1.29 is 14.7 Å². The number of benzene rings is 2. The van der Waals surface area contributed by atoms with Gasteiger partial charge in [0, 0.05) is 21.8 Å². The lowest BCUT2D eigenvalue weighted by Gasteiger charge is -2.43. The van der Waals surface area contributed by atoms with E-state index in [1.54, 1.807) is 37.3 Å². The molecule has 0 aliphatic carbocycles. The van der Waals surface area contributed by atoms with Crippen molar-refractivity contribution >= 4 is 29.2 Å². The zero-order valence-corrected chi connectivity index (χ0v) is 15.9. The van der Waals surface area contributed by atoms with Gasteiger partial charge in [-0.15, -0.1) is 0 Å². The van der Waals surface area contributed by atoms with Crippen LogP contribution in [0.3, 0.4) is 0 Å². The lowest BCUT2D eigenvalue weighted by molar-refractivity contribution is -0.138. The maximum atomic E-state index is 13.2. The molecule has 1 aliphatic rings. The van der Waals surface area contributed by atoms with E-state index in [4.69, 9.17) is 11.6 Å². The molecule has 0 radical (unpaired) electrons. The van der Waals surface area contributed by atoms with E-state index in [9.17, 15) is 14.7 Å². The predicted molar refractivity (Wildman–Crippen MR) is 103 cm³/mol. The second kappa shape index (κ2) is 6.76. The lowest BCUT2D eigenvalue weighted by Crippen LogP contribution is -2.51. The van der Waals surface area contributed by atoms with Gasteiger partial charge in [-0.3, -0.25) is 9.59 Å². The minimum Gasteiger partial charge on any atom is -0.481 e. The third kappa shape index (κ3) is 3.34. The van der Waals surface area contributed by atoms with Gasteiger partial charge in [0.2, 0.25) is 0 Å². The van der Waals surface area contributed by atoms with Crippen molar-refractivity contribution in [3.8, 4) is 0 Å². The summed E-state index contributed by atoms with van der Waals surface area (Å²) < 4.78 is 0. The predicted octanol–water partition coefficient (Wildman–Crippen LogP) is 4.90. The summed E-state index contributed by atoms with van der Waals surface area (Å²) in [5.74, 6) is -1.50. The molecule has 2 aromatic rings. The molecule has 1 aliphatic heterocycles. The first-order valence-corrected chi connectivity index (χ1v) is 9.04. The number of aliphatic carboxylic acids is 1. The highest BCUT2D eigenvalue weighted by atomic mass is 35.5. The van der Waals surface area contributed by atoms with Gasteiger partial charge in [-0.05, 0) is 75.1 Å². The van der Waals surface area contributed by atoms with Gasteiger partial charge < -0.3 is 10.0 Å². The monoisotopic (exact) mass is 371 g/mol. The Balaban J connectivity index is 2.04. The fourth-order valence-corrected chi connectivity index (χ4v) is 3.55. The zero-order chi connectivity index (χ0) is 19.1.